The van der Waals surface area contributed by atoms with Gasteiger partial charge < -0.3 is 15.0 Å². The summed E-state index contributed by atoms with van der Waals surface area (Å²) in [6, 6.07) is 14.5. The molecule has 0 radical (unpaired) electrons. The van der Waals surface area contributed by atoms with E-state index in [0.29, 0.717) is 5.92 Å². The van der Waals surface area contributed by atoms with Crippen molar-refractivity contribution in [2.45, 2.75) is 19.8 Å². The molecule has 6 nitrogen and oxygen atoms in total. The fourth-order valence-corrected chi connectivity index (χ4v) is 3.96. The van der Waals surface area contributed by atoms with Crippen molar-refractivity contribution in [3.63, 3.8) is 0 Å². The average molecular weight is 380 g/mol. The maximum Gasteiger partial charge on any atom is 0.158 e. The van der Waals surface area contributed by atoms with Crippen molar-refractivity contribution in [3.05, 3.63) is 48.2 Å². The molecular formula is C22H29N5O. The SMILES string of the molecule is COCCN1CCC[C@H](CNc2cc(-c3ccccc3)nc3cc(C)nn23)C1. The number of aryl methyl sites for hydroxylation is 1. The summed E-state index contributed by atoms with van der Waals surface area (Å²) in [5.74, 6) is 1.64. The van der Waals surface area contributed by atoms with Gasteiger partial charge in [-0.3, -0.25) is 0 Å². The van der Waals surface area contributed by atoms with E-state index in [2.05, 4.69) is 33.5 Å². The molecule has 1 aliphatic rings. The number of anilines is 1. The normalized spacial score (nSPS) is 17.9. The first-order chi connectivity index (χ1) is 13.7. The van der Waals surface area contributed by atoms with Gasteiger partial charge in [0.05, 0.1) is 18.0 Å². The molecule has 0 saturated carbocycles. The van der Waals surface area contributed by atoms with Crippen molar-refractivity contribution in [3.8, 4) is 11.3 Å². The van der Waals surface area contributed by atoms with Crippen molar-refractivity contribution in [2.24, 2.45) is 5.92 Å². The summed E-state index contributed by atoms with van der Waals surface area (Å²) in [5, 5.41) is 8.29. The molecule has 6 heteroatoms. The highest BCUT2D eigenvalue weighted by atomic mass is 16.5. The summed E-state index contributed by atoms with van der Waals surface area (Å²) in [6.07, 6.45) is 2.51. The van der Waals surface area contributed by atoms with Crippen LogP contribution in [0.1, 0.15) is 18.5 Å². The Balaban J connectivity index is 1.53. The lowest BCUT2D eigenvalue weighted by atomic mass is 9.98. The van der Waals surface area contributed by atoms with Crippen LogP contribution in [0.4, 0.5) is 5.82 Å². The topological polar surface area (TPSA) is 54.7 Å². The highest BCUT2D eigenvalue weighted by molar-refractivity contribution is 5.66. The maximum atomic E-state index is 5.24. The standard InChI is InChI=1S/C22H29N5O/c1-17-13-22-24-20(19-8-4-3-5-9-19)14-21(27(22)25-17)23-15-18-7-6-10-26(16-18)11-12-28-2/h3-5,8-9,13-14,18,23H,6-7,10-12,15-16H2,1-2H3/t18-/m1/s1. The molecule has 0 spiro atoms. The molecule has 1 atom stereocenters. The van der Waals surface area contributed by atoms with E-state index in [0.717, 1.165) is 54.7 Å². The van der Waals surface area contributed by atoms with E-state index in [9.17, 15) is 0 Å². The first-order valence-corrected chi connectivity index (χ1v) is 10.1. The van der Waals surface area contributed by atoms with Crippen LogP contribution < -0.4 is 5.32 Å². The number of nitrogens with one attached hydrogen (secondary N) is 1. The molecule has 1 fully saturated rings. The van der Waals surface area contributed by atoms with Crippen LogP contribution in [0, 0.1) is 12.8 Å². The molecule has 2 aromatic heterocycles. The van der Waals surface area contributed by atoms with E-state index in [-0.39, 0.29) is 0 Å². The van der Waals surface area contributed by atoms with Gasteiger partial charge in [0.1, 0.15) is 5.82 Å². The van der Waals surface area contributed by atoms with Gasteiger partial charge in [0.2, 0.25) is 0 Å². The average Bonchev–Trinajstić information content (AvgIpc) is 3.11. The van der Waals surface area contributed by atoms with Gasteiger partial charge in [-0.05, 0) is 32.2 Å². The number of fused-ring (bicyclic) bond motifs is 1. The minimum atomic E-state index is 0.630. The minimum Gasteiger partial charge on any atom is -0.383 e. The molecule has 3 heterocycles. The lowest BCUT2D eigenvalue weighted by molar-refractivity contribution is 0.117. The Kier molecular flexibility index (Phi) is 5.88. The molecule has 1 saturated heterocycles. The maximum absolute atomic E-state index is 5.24. The molecule has 148 valence electrons. The molecule has 1 N–H and O–H groups in total. The third kappa shape index (κ3) is 4.34. The third-order valence-corrected chi connectivity index (χ3v) is 5.41. The largest absolute Gasteiger partial charge is 0.383 e. The van der Waals surface area contributed by atoms with Gasteiger partial charge in [-0.15, -0.1) is 0 Å². The van der Waals surface area contributed by atoms with Gasteiger partial charge >= 0.3 is 0 Å². The van der Waals surface area contributed by atoms with E-state index in [1.165, 1.54) is 19.4 Å². The third-order valence-electron chi connectivity index (χ3n) is 5.41. The molecule has 0 amide bonds. The lowest BCUT2D eigenvalue weighted by Gasteiger charge is -2.32. The highest BCUT2D eigenvalue weighted by Crippen LogP contribution is 2.24. The number of benzene rings is 1. The summed E-state index contributed by atoms with van der Waals surface area (Å²) >= 11 is 0. The van der Waals surface area contributed by atoms with Crippen molar-refractivity contribution in [2.75, 3.05) is 45.2 Å². The van der Waals surface area contributed by atoms with Crippen LogP contribution in [-0.2, 0) is 4.74 Å². The molecule has 3 aromatic rings. The van der Waals surface area contributed by atoms with Crippen molar-refractivity contribution in [1.82, 2.24) is 19.5 Å². The van der Waals surface area contributed by atoms with Gasteiger partial charge in [0, 0.05) is 44.4 Å². The van der Waals surface area contributed by atoms with Gasteiger partial charge in [0.15, 0.2) is 5.65 Å². The Labute approximate surface area is 166 Å². The Bertz CT molecular complexity index is 908. The van der Waals surface area contributed by atoms with Crippen LogP contribution >= 0.6 is 0 Å². The van der Waals surface area contributed by atoms with Crippen molar-refractivity contribution in [1.29, 1.82) is 0 Å². The van der Waals surface area contributed by atoms with Crippen molar-refractivity contribution >= 4 is 11.5 Å². The van der Waals surface area contributed by atoms with Crippen LogP contribution in [0.25, 0.3) is 16.9 Å². The Hall–Kier alpha value is -2.44. The summed E-state index contributed by atoms with van der Waals surface area (Å²) in [6.45, 7) is 7.07. The van der Waals surface area contributed by atoms with E-state index in [1.807, 2.05) is 35.7 Å². The van der Waals surface area contributed by atoms with Gasteiger partial charge in [-0.25, -0.2) is 4.98 Å². The number of hydrogen-bond acceptors (Lipinski definition) is 5. The Morgan fingerprint density at radius 2 is 2.07 bits per heavy atom. The fraction of sp³-hybridized carbons (Fsp3) is 0.455. The van der Waals surface area contributed by atoms with Crippen LogP contribution in [-0.4, -0.2) is 59.4 Å². The van der Waals surface area contributed by atoms with Gasteiger partial charge in [0.25, 0.3) is 0 Å². The zero-order chi connectivity index (χ0) is 19.3. The number of ether oxygens (including phenoxy) is 1. The summed E-state index contributed by atoms with van der Waals surface area (Å²) < 4.78 is 7.16. The van der Waals surface area contributed by atoms with Crippen LogP contribution in [0.5, 0.6) is 0 Å². The molecular weight excluding hydrogens is 350 g/mol. The summed E-state index contributed by atoms with van der Waals surface area (Å²) in [4.78, 5) is 7.31. The van der Waals surface area contributed by atoms with Crippen LogP contribution in [0.15, 0.2) is 42.5 Å². The molecule has 4 rings (SSSR count). The zero-order valence-electron chi connectivity index (χ0n) is 16.8. The Morgan fingerprint density at radius 3 is 2.89 bits per heavy atom. The number of rotatable bonds is 7. The van der Waals surface area contributed by atoms with E-state index in [1.54, 1.807) is 7.11 Å². The Morgan fingerprint density at radius 1 is 1.21 bits per heavy atom. The number of methoxy groups -OCH3 is 1. The first-order valence-electron chi connectivity index (χ1n) is 10.1. The second kappa shape index (κ2) is 8.71. The molecule has 1 aliphatic heterocycles. The van der Waals surface area contributed by atoms with Crippen LogP contribution in [0.2, 0.25) is 0 Å². The molecule has 28 heavy (non-hydrogen) atoms. The van der Waals surface area contributed by atoms with Gasteiger partial charge in [-0.2, -0.15) is 9.61 Å². The van der Waals surface area contributed by atoms with Crippen molar-refractivity contribution < 1.29 is 4.74 Å². The minimum absolute atomic E-state index is 0.630. The highest BCUT2D eigenvalue weighted by Gasteiger charge is 2.20. The predicted molar refractivity (Wildman–Crippen MR) is 113 cm³/mol. The summed E-state index contributed by atoms with van der Waals surface area (Å²) in [5.41, 5.74) is 3.95. The second-order valence-corrected chi connectivity index (χ2v) is 7.63. The van der Waals surface area contributed by atoms with Crippen LogP contribution in [0.3, 0.4) is 0 Å². The van der Waals surface area contributed by atoms with E-state index >= 15 is 0 Å². The zero-order valence-corrected chi connectivity index (χ0v) is 16.8. The predicted octanol–water partition coefficient (Wildman–Crippen LogP) is 3.48. The van der Waals surface area contributed by atoms with E-state index < -0.39 is 0 Å². The first kappa shape index (κ1) is 18.9. The number of hydrogen-bond donors (Lipinski definition) is 1. The fourth-order valence-electron chi connectivity index (χ4n) is 3.96. The molecule has 1 aromatic carbocycles. The number of aromatic nitrogens is 3. The number of piperidine rings is 1. The molecule has 0 aliphatic carbocycles. The van der Waals surface area contributed by atoms with Gasteiger partial charge in [-0.1, -0.05) is 30.3 Å². The quantitative estimate of drug-likeness (QED) is 0.681. The molecule has 0 unspecified atom stereocenters. The summed E-state index contributed by atoms with van der Waals surface area (Å²) in [7, 11) is 1.77. The monoisotopic (exact) mass is 379 g/mol. The lowest BCUT2D eigenvalue weighted by Crippen LogP contribution is -2.39. The smallest absolute Gasteiger partial charge is 0.158 e. The van der Waals surface area contributed by atoms with E-state index in [4.69, 9.17) is 9.72 Å². The number of nitrogens with zero attached hydrogens (tertiary/aromatic N) is 4. The number of likely N-dealkylation sites (tertiary alicyclic amines) is 1. The second-order valence-electron chi connectivity index (χ2n) is 7.63. The molecule has 0 bridgehead atoms.